The van der Waals surface area contributed by atoms with Crippen molar-refractivity contribution in [1.29, 1.82) is 0 Å². The Kier molecular flexibility index (Phi) is 5.34. The molecule has 5 heteroatoms. The van der Waals surface area contributed by atoms with Crippen LogP contribution in [0.25, 0.3) is 0 Å². The molecular weight excluding hydrogens is 277 g/mol. The summed E-state index contributed by atoms with van der Waals surface area (Å²) in [5.41, 5.74) is 1.40. The van der Waals surface area contributed by atoms with Crippen LogP contribution < -0.4 is 0 Å². The maximum absolute atomic E-state index is 13.8. The van der Waals surface area contributed by atoms with Crippen LogP contribution in [0.15, 0.2) is 22.6 Å². The predicted octanol–water partition coefficient (Wildman–Crippen LogP) is 3.23. The second-order valence-electron chi connectivity index (χ2n) is 5.73. The first kappa shape index (κ1) is 16.7. The quantitative estimate of drug-likeness (QED) is 0.801. The predicted molar refractivity (Wildman–Crippen MR) is 80.9 cm³/mol. The van der Waals surface area contributed by atoms with Crippen LogP contribution >= 0.6 is 0 Å². The van der Waals surface area contributed by atoms with Crippen molar-refractivity contribution in [3.63, 3.8) is 0 Å². The fourth-order valence-electron chi connectivity index (χ4n) is 1.56. The molecule has 0 saturated heterocycles. The van der Waals surface area contributed by atoms with E-state index < -0.39 is 21.5 Å². The number of Topliss-reactive ketones (excluding diaryl/α,β-unsaturated/α-hetero) is 1. The zero-order chi connectivity index (χ0) is 15.5. The highest BCUT2D eigenvalue weighted by molar-refractivity contribution is 7.85. The fourth-order valence-corrected chi connectivity index (χ4v) is 2.18. The number of ketones is 1. The minimum absolute atomic E-state index is 0.00965. The molecule has 110 valence electrons. The average molecular weight is 297 g/mol. The van der Waals surface area contributed by atoms with E-state index in [1.54, 1.807) is 19.1 Å². The van der Waals surface area contributed by atoms with E-state index in [1.165, 1.54) is 13.0 Å². The third-order valence-corrected chi connectivity index (χ3v) is 4.10. The highest BCUT2D eigenvalue weighted by Gasteiger charge is 2.20. The lowest BCUT2D eigenvalue weighted by molar-refractivity contribution is -0.116. The topological polar surface area (TPSA) is 46.5 Å². The minimum Gasteiger partial charge on any atom is -0.300 e. The number of hydrogen-bond acceptors (Lipinski definition) is 2. The fraction of sp³-hybridized carbons (Fsp3) is 0.467. The number of rotatable bonds is 4. The molecule has 1 rings (SSSR count). The van der Waals surface area contributed by atoms with Crippen molar-refractivity contribution >= 4 is 22.5 Å². The van der Waals surface area contributed by atoms with Crippen LogP contribution in [0.4, 0.5) is 4.39 Å². The van der Waals surface area contributed by atoms with Crippen molar-refractivity contribution in [1.82, 2.24) is 0 Å². The summed E-state index contributed by atoms with van der Waals surface area (Å²) in [4.78, 5) is 11.1. The average Bonchev–Trinajstić information content (AvgIpc) is 2.29. The Balaban J connectivity index is 3.15. The summed E-state index contributed by atoms with van der Waals surface area (Å²) in [6.45, 7) is 8.53. The summed E-state index contributed by atoms with van der Waals surface area (Å²) in [6, 6.07) is 4.48. The Morgan fingerprint density at radius 1 is 1.30 bits per heavy atom. The maximum atomic E-state index is 13.8. The van der Waals surface area contributed by atoms with Crippen LogP contribution in [0, 0.1) is 5.82 Å². The van der Waals surface area contributed by atoms with Crippen molar-refractivity contribution in [2.24, 2.45) is 4.40 Å². The molecule has 0 radical (unpaired) electrons. The van der Waals surface area contributed by atoms with E-state index in [1.807, 2.05) is 20.8 Å². The Hall–Kier alpha value is -1.36. The normalized spacial score (nSPS) is 14.2. The third-order valence-electron chi connectivity index (χ3n) is 2.62. The van der Waals surface area contributed by atoms with Gasteiger partial charge >= 0.3 is 0 Å². The second kappa shape index (κ2) is 6.39. The van der Waals surface area contributed by atoms with Gasteiger partial charge in [-0.3, -0.25) is 4.79 Å². The monoisotopic (exact) mass is 297 g/mol. The summed E-state index contributed by atoms with van der Waals surface area (Å²) < 4.78 is 29.4. The van der Waals surface area contributed by atoms with Crippen molar-refractivity contribution in [3.8, 4) is 0 Å². The molecule has 0 aliphatic rings. The molecule has 0 heterocycles. The molecule has 0 unspecified atom stereocenters. The van der Waals surface area contributed by atoms with Gasteiger partial charge in [0.25, 0.3) is 0 Å². The van der Waals surface area contributed by atoms with E-state index in [9.17, 15) is 13.4 Å². The van der Waals surface area contributed by atoms with Gasteiger partial charge in [-0.2, -0.15) is 4.40 Å². The van der Waals surface area contributed by atoms with Gasteiger partial charge in [-0.05, 0) is 52.3 Å². The molecule has 0 saturated carbocycles. The summed E-state index contributed by atoms with van der Waals surface area (Å²) >= 11 is 0. The number of benzene rings is 1. The first-order chi connectivity index (χ1) is 9.11. The summed E-state index contributed by atoms with van der Waals surface area (Å²) in [7, 11) is -1.44. The van der Waals surface area contributed by atoms with E-state index in [4.69, 9.17) is 0 Å². The Bertz CT molecular complexity index is 574. The molecule has 0 aromatic heterocycles. The Morgan fingerprint density at radius 3 is 2.40 bits per heavy atom. The first-order valence-corrected chi connectivity index (χ1v) is 7.47. The molecule has 0 aliphatic carbocycles. The van der Waals surface area contributed by atoms with Crippen LogP contribution in [0.5, 0.6) is 0 Å². The van der Waals surface area contributed by atoms with E-state index >= 15 is 0 Å². The van der Waals surface area contributed by atoms with Gasteiger partial charge in [0.2, 0.25) is 0 Å². The smallest absolute Gasteiger partial charge is 0.145 e. The van der Waals surface area contributed by atoms with Crippen molar-refractivity contribution in [2.45, 2.75) is 45.8 Å². The van der Waals surface area contributed by atoms with Crippen LogP contribution in [0.1, 0.15) is 45.7 Å². The molecule has 0 N–H and O–H groups in total. The van der Waals surface area contributed by atoms with Gasteiger partial charge in [-0.25, -0.2) is 8.60 Å². The third kappa shape index (κ3) is 4.63. The molecule has 0 amide bonds. The Morgan fingerprint density at radius 2 is 1.90 bits per heavy atom. The lowest BCUT2D eigenvalue weighted by atomic mass is 10.0. The van der Waals surface area contributed by atoms with Gasteiger partial charge < -0.3 is 0 Å². The molecule has 1 aromatic rings. The molecule has 1 atom stereocenters. The van der Waals surface area contributed by atoms with Crippen LogP contribution in [-0.2, 0) is 22.2 Å². The molecule has 20 heavy (non-hydrogen) atoms. The second-order valence-corrected chi connectivity index (χ2v) is 7.64. The van der Waals surface area contributed by atoms with E-state index in [0.29, 0.717) is 11.3 Å². The van der Waals surface area contributed by atoms with E-state index in [2.05, 4.69) is 4.40 Å². The number of carbonyl (C=O) groups is 1. The zero-order valence-electron chi connectivity index (χ0n) is 12.5. The lowest BCUT2D eigenvalue weighted by Gasteiger charge is -2.14. The van der Waals surface area contributed by atoms with Gasteiger partial charge in [0, 0.05) is 12.0 Å². The molecular formula is C15H20FNO2S. The van der Waals surface area contributed by atoms with E-state index in [-0.39, 0.29) is 12.2 Å². The zero-order valence-corrected chi connectivity index (χ0v) is 13.3. The first-order valence-electron chi connectivity index (χ1n) is 6.37. The van der Waals surface area contributed by atoms with Gasteiger partial charge in [-0.1, -0.05) is 6.07 Å². The van der Waals surface area contributed by atoms with Gasteiger partial charge in [0.1, 0.15) is 22.6 Å². The van der Waals surface area contributed by atoms with Crippen LogP contribution in [-0.4, -0.2) is 20.5 Å². The number of halogens is 1. The molecule has 1 aromatic carbocycles. The molecule has 0 spiro atoms. The highest BCUT2D eigenvalue weighted by Crippen LogP contribution is 2.17. The minimum atomic E-state index is -1.44. The molecule has 0 bridgehead atoms. The molecule has 3 nitrogen and oxygen atoms in total. The highest BCUT2D eigenvalue weighted by atomic mass is 32.2. The van der Waals surface area contributed by atoms with Gasteiger partial charge in [-0.15, -0.1) is 0 Å². The number of carbonyl (C=O) groups excluding carboxylic acids is 1. The number of hydrogen-bond donors (Lipinski definition) is 0. The summed E-state index contributed by atoms with van der Waals surface area (Å²) in [5.74, 6) is -0.417. The lowest BCUT2D eigenvalue weighted by Crippen LogP contribution is -2.21. The van der Waals surface area contributed by atoms with E-state index in [0.717, 1.165) is 5.56 Å². The molecule has 0 fully saturated rings. The van der Waals surface area contributed by atoms with Crippen LogP contribution in [0.3, 0.4) is 0 Å². The number of nitrogens with zero attached hydrogens (tertiary/aromatic N) is 1. The summed E-state index contributed by atoms with van der Waals surface area (Å²) in [6.07, 6.45) is 0.253. The Labute approximate surface area is 121 Å². The standard InChI is InChI=1S/C15H20FNO2S/c1-10(18)8-12-6-7-14(16)13(9-12)11(2)17-20(19)15(3,4)5/h6-7,9H,8H2,1-5H3/b17-11+/t20-/m1/s1. The van der Waals surface area contributed by atoms with Crippen LogP contribution in [0.2, 0.25) is 0 Å². The van der Waals surface area contributed by atoms with Crippen molar-refractivity contribution in [2.75, 3.05) is 0 Å². The van der Waals surface area contributed by atoms with Gasteiger partial charge in [0.15, 0.2) is 0 Å². The molecule has 0 aliphatic heterocycles. The SMILES string of the molecule is CC(=O)Cc1ccc(F)c(/C(C)=N/[S@](=O)C(C)(C)C)c1. The van der Waals surface area contributed by atoms with Gasteiger partial charge in [0.05, 0.1) is 10.5 Å². The maximum Gasteiger partial charge on any atom is 0.145 e. The summed E-state index contributed by atoms with van der Waals surface area (Å²) in [5, 5.41) is 0. The largest absolute Gasteiger partial charge is 0.300 e. The van der Waals surface area contributed by atoms with Crippen molar-refractivity contribution in [3.05, 3.63) is 35.1 Å². The van der Waals surface area contributed by atoms with Crippen molar-refractivity contribution < 1.29 is 13.4 Å².